The molecule has 2 heterocycles. The molecular formula is C14H16ClN3OS. The third-order valence-electron chi connectivity index (χ3n) is 3.75. The van der Waals surface area contributed by atoms with E-state index in [9.17, 15) is 4.79 Å². The van der Waals surface area contributed by atoms with Gasteiger partial charge >= 0.3 is 0 Å². The number of hydrogen-bond donors (Lipinski definition) is 2. The Bertz CT molecular complexity index is 642. The second kappa shape index (κ2) is 5.68. The number of halogens is 1. The first-order chi connectivity index (χ1) is 9.66. The van der Waals surface area contributed by atoms with Crippen LogP contribution in [0.2, 0.25) is 5.02 Å². The first-order valence-corrected chi connectivity index (χ1v) is 7.98. The van der Waals surface area contributed by atoms with E-state index in [0.29, 0.717) is 16.6 Å². The third kappa shape index (κ3) is 2.53. The fraction of sp³-hybridized carbons (Fsp3) is 0.429. The van der Waals surface area contributed by atoms with E-state index in [-0.39, 0.29) is 11.9 Å². The Balaban J connectivity index is 1.87. The summed E-state index contributed by atoms with van der Waals surface area (Å²) < 4.78 is 1.02. The number of benzene rings is 1. The van der Waals surface area contributed by atoms with E-state index in [4.69, 9.17) is 11.6 Å². The topological polar surface area (TPSA) is 54.0 Å². The summed E-state index contributed by atoms with van der Waals surface area (Å²) in [5.74, 6) is 0.303. The van der Waals surface area contributed by atoms with Gasteiger partial charge in [-0.15, -0.1) is 11.3 Å². The van der Waals surface area contributed by atoms with Gasteiger partial charge in [0.25, 0.3) is 0 Å². The maximum atomic E-state index is 12.4. The van der Waals surface area contributed by atoms with Gasteiger partial charge in [-0.1, -0.05) is 18.5 Å². The summed E-state index contributed by atoms with van der Waals surface area (Å²) >= 11 is 7.75. The molecule has 1 amide bonds. The van der Waals surface area contributed by atoms with Crippen molar-refractivity contribution in [2.75, 3.05) is 11.9 Å². The molecule has 1 fully saturated rings. The molecule has 0 radical (unpaired) electrons. The van der Waals surface area contributed by atoms with Crippen LogP contribution in [0.15, 0.2) is 17.6 Å². The van der Waals surface area contributed by atoms with Crippen LogP contribution in [0.4, 0.5) is 5.69 Å². The summed E-state index contributed by atoms with van der Waals surface area (Å²) in [6.45, 7) is 2.98. The highest BCUT2D eigenvalue weighted by Gasteiger charge is 2.28. The van der Waals surface area contributed by atoms with Gasteiger partial charge in [0.1, 0.15) is 5.52 Å². The summed E-state index contributed by atoms with van der Waals surface area (Å²) in [5.41, 5.74) is 3.15. The first kappa shape index (κ1) is 13.8. The SMILES string of the molecule is CC1CCCNC1C(=O)Nc1c(Cl)ccc2scnc12. The Hall–Kier alpha value is -1.17. The van der Waals surface area contributed by atoms with Gasteiger partial charge in [-0.2, -0.15) is 0 Å². The van der Waals surface area contributed by atoms with Crippen molar-refractivity contribution in [2.45, 2.75) is 25.8 Å². The number of thiazole rings is 1. The van der Waals surface area contributed by atoms with Crippen molar-refractivity contribution >= 4 is 44.7 Å². The lowest BCUT2D eigenvalue weighted by Gasteiger charge is -2.29. The molecule has 0 bridgehead atoms. The zero-order valence-electron chi connectivity index (χ0n) is 11.1. The number of amides is 1. The number of hydrogen-bond acceptors (Lipinski definition) is 4. The number of anilines is 1. The molecule has 1 aromatic heterocycles. The molecule has 106 valence electrons. The Kier molecular flexibility index (Phi) is 3.92. The lowest BCUT2D eigenvalue weighted by atomic mass is 9.92. The molecule has 20 heavy (non-hydrogen) atoms. The molecule has 6 heteroatoms. The fourth-order valence-corrected chi connectivity index (χ4v) is 3.51. The van der Waals surface area contributed by atoms with Gasteiger partial charge in [-0.3, -0.25) is 4.79 Å². The molecule has 2 atom stereocenters. The Labute approximate surface area is 126 Å². The predicted molar refractivity (Wildman–Crippen MR) is 83.4 cm³/mol. The molecule has 0 saturated carbocycles. The second-order valence-corrected chi connectivity index (χ2v) is 6.46. The molecule has 1 aliphatic rings. The van der Waals surface area contributed by atoms with Crippen molar-refractivity contribution in [3.8, 4) is 0 Å². The molecule has 0 spiro atoms. The van der Waals surface area contributed by atoms with E-state index >= 15 is 0 Å². The van der Waals surface area contributed by atoms with Crippen LogP contribution in [0.3, 0.4) is 0 Å². The van der Waals surface area contributed by atoms with Crippen molar-refractivity contribution in [3.63, 3.8) is 0 Å². The first-order valence-electron chi connectivity index (χ1n) is 6.73. The molecule has 0 aliphatic carbocycles. The predicted octanol–water partition coefficient (Wildman–Crippen LogP) is 3.28. The average molecular weight is 310 g/mol. The Morgan fingerprint density at radius 3 is 3.20 bits per heavy atom. The number of carbonyl (C=O) groups is 1. The number of fused-ring (bicyclic) bond motifs is 1. The maximum Gasteiger partial charge on any atom is 0.241 e. The minimum absolute atomic E-state index is 0.0281. The van der Waals surface area contributed by atoms with Gasteiger partial charge in [-0.25, -0.2) is 4.98 Å². The van der Waals surface area contributed by atoms with Gasteiger partial charge in [-0.05, 0) is 37.4 Å². The molecular weight excluding hydrogens is 294 g/mol. The van der Waals surface area contributed by atoms with Gasteiger partial charge in [0.05, 0.1) is 27.0 Å². The summed E-state index contributed by atoms with van der Waals surface area (Å²) in [6, 6.07) is 3.57. The number of piperidine rings is 1. The zero-order chi connectivity index (χ0) is 14.1. The van der Waals surface area contributed by atoms with E-state index in [1.54, 1.807) is 11.6 Å². The molecule has 1 saturated heterocycles. The van der Waals surface area contributed by atoms with Crippen LogP contribution in [0, 0.1) is 5.92 Å². The van der Waals surface area contributed by atoms with Crippen LogP contribution in [0.1, 0.15) is 19.8 Å². The van der Waals surface area contributed by atoms with Crippen molar-refractivity contribution in [1.82, 2.24) is 10.3 Å². The smallest absolute Gasteiger partial charge is 0.241 e. The lowest BCUT2D eigenvalue weighted by molar-refractivity contribution is -0.119. The molecule has 1 aliphatic heterocycles. The number of carbonyl (C=O) groups excluding carboxylic acids is 1. The van der Waals surface area contributed by atoms with Crippen LogP contribution in [-0.4, -0.2) is 23.5 Å². The molecule has 2 unspecified atom stereocenters. The van der Waals surface area contributed by atoms with Crippen molar-refractivity contribution in [2.24, 2.45) is 5.92 Å². The Morgan fingerprint density at radius 2 is 2.40 bits per heavy atom. The summed E-state index contributed by atoms with van der Waals surface area (Å²) in [7, 11) is 0. The van der Waals surface area contributed by atoms with E-state index in [0.717, 1.165) is 29.6 Å². The van der Waals surface area contributed by atoms with Crippen LogP contribution in [0.25, 0.3) is 10.2 Å². The minimum atomic E-state index is -0.159. The lowest BCUT2D eigenvalue weighted by Crippen LogP contribution is -2.48. The van der Waals surface area contributed by atoms with Crippen LogP contribution >= 0.6 is 22.9 Å². The number of rotatable bonds is 2. The number of nitrogens with zero attached hydrogens (tertiary/aromatic N) is 1. The highest BCUT2D eigenvalue weighted by atomic mass is 35.5. The second-order valence-electron chi connectivity index (χ2n) is 5.16. The summed E-state index contributed by atoms with van der Waals surface area (Å²) in [4.78, 5) is 16.7. The van der Waals surface area contributed by atoms with Crippen molar-refractivity contribution in [3.05, 3.63) is 22.7 Å². The molecule has 2 aromatic rings. The van der Waals surface area contributed by atoms with Gasteiger partial charge < -0.3 is 10.6 Å². The normalized spacial score (nSPS) is 22.9. The standard InChI is InChI=1S/C14H16ClN3OS/c1-8-3-2-6-16-11(8)14(19)18-12-9(15)4-5-10-13(12)17-7-20-10/h4-5,7-8,11,16H,2-3,6H2,1H3,(H,18,19). The van der Waals surface area contributed by atoms with E-state index in [1.165, 1.54) is 11.3 Å². The van der Waals surface area contributed by atoms with Gasteiger partial charge in [0, 0.05) is 0 Å². The quantitative estimate of drug-likeness (QED) is 0.895. The highest BCUT2D eigenvalue weighted by Crippen LogP contribution is 2.32. The highest BCUT2D eigenvalue weighted by molar-refractivity contribution is 7.16. The van der Waals surface area contributed by atoms with Crippen LogP contribution in [0.5, 0.6) is 0 Å². The van der Waals surface area contributed by atoms with Gasteiger partial charge in [0.2, 0.25) is 5.91 Å². The van der Waals surface area contributed by atoms with Crippen molar-refractivity contribution in [1.29, 1.82) is 0 Å². The largest absolute Gasteiger partial charge is 0.322 e. The average Bonchev–Trinajstić information content (AvgIpc) is 2.91. The van der Waals surface area contributed by atoms with E-state index in [1.807, 2.05) is 6.07 Å². The molecule has 2 N–H and O–H groups in total. The van der Waals surface area contributed by atoms with Gasteiger partial charge in [0.15, 0.2) is 0 Å². The van der Waals surface area contributed by atoms with E-state index < -0.39 is 0 Å². The monoisotopic (exact) mass is 309 g/mol. The van der Waals surface area contributed by atoms with Crippen molar-refractivity contribution < 1.29 is 4.79 Å². The molecule has 3 rings (SSSR count). The van der Waals surface area contributed by atoms with Crippen LogP contribution < -0.4 is 10.6 Å². The maximum absolute atomic E-state index is 12.4. The molecule has 1 aromatic carbocycles. The third-order valence-corrected chi connectivity index (χ3v) is 4.86. The summed E-state index contributed by atoms with van der Waals surface area (Å²) in [5, 5.41) is 6.76. The zero-order valence-corrected chi connectivity index (χ0v) is 12.7. The minimum Gasteiger partial charge on any atom is -0.322 e. The fourth-order valence-electron chi connectivity index (χ4n) is 2.63. The van der Waals surface area contributed by atoms with E-state index in [2.05, 4.69) is 22.5 Å². The Morgan fingerprint density at radius 1 is 1.55 bits per heavy atom. The molecule has 4 nitrogen and oxygen atoms in total. The van der Waals surface area contributed by atoms with Crippen LogP contribution in [-0.2, 0) is 4.79 Å². The number of nitrogens with one attached hydrogen (secondary N) is 2. The summed E-state index contributed by atoms with van der Waals surface area (Å²) in [6.07, 6.45) is 2.19. The number of aromatic nitrogens is 1.